The van der Waals surface area contributed by atoms with E-state index < -0.39 is 5.97 Å². The molecule has 0 atom stereocenters. The van der Waals surface area contributed by atoms with Crippen LogP contribution >= 0.6 is 0 Å². The molecule has 0 saturated carbocycles. The van der Waals surface area contributed by atoms with Crippen molar-refractivity contribution >= 4 is 11.9 Å². The van der Waals surface area contributed by atoms with Crippen molar-refractivity contribution in [1.29, 1.82) is 0 Å². The van der Waals surface area contributed by atoms with Crippen LogP contribution in [0.25, 0.3) is 0 Å². The first-order valence-electron chi connectivity index (χ1n) is 8.21. The Kier molecular flexibility index (Phi) is 4.57. The van der Waals surface area contributed by atoms with Gasteiger partial charge in [-0.15, -0.1) is 0 Å². The Balaban J connectivity index is 1.68. The molecule has 1 aliphatic rings. The summed E-state index contributed by atoms with van der Waals surface area (Å²) in [6.45, 7) is 4.50. The molecule has 0 radical (unpaired) electrons. The van der Waals surface area contributed by atoms with Gasteiger partial charge < -0.3 is 10.0 Å². The van der Waals surface area contributed by atoms with E-state index in [0.29, 0.717) is 42.8 Å². The summed E-state index contributed by atoms with van der Waals surface area (Å²) in [5, 5.41) is 13.3. The van der Waals surface area contributed by atoms with E-state index in [9.17, 15) is 14.0 Å². The molecule has 6 nitrogen and oxygen atoms in total. The lowest BCUT2D eigenvalue weighted by Gasteiger charge is -2.32. The van der Waals surface area contributed by atoms with E-state index in [0.717, 1.165) is 0 Å². The smallest absolute Gasteiger partial charge is 0.339 e. The van der Waals surface area contributed by atoms with Crippen LogP contribution in [0.2, 0.25) is 0 Å². The Labute approximate surface area is 144 Å². The summed E-state index contributed by atoms with van der Waals surface area (Å²) in [7, 11) is 0. The largest absolute Gasteiger partial charge is 0.478 e. The van der Waals surface area contributed by atoms with E-state index in [2.05, 4.69) is 5.10 Å². The second-order valence-electron chi connectivity index (χ2n) is 6.38. The number of nitrogens with zero attached hydrogens (tertiary/aromatic N) is 3. The number of carbonyl (C=O) groups is 2. The van der Waals surface area contributed by atoms with Gasteiger partial charge in [0.25, 0.3) is 5.91 Å². The highest BCUT2D eigenvalue weighted by Crippen LogP contribution is 2.25. The fourth-order valence-electron chi connectivity index (χ4n) is 3.28. The van der Waals surface area contributed by atoms with Crippen LogP contribution in [-0.2, 0) is 0 Å². The van der Waals surface area contributed by atoms with Gasteiger partial charge in [0.1, 0.15) is 11.4 Å². The van der Waals surface area contributed by atoms with Crippen molar-refractivity contribution in [2.75, 3.05) is 13.1 Å². The minimum atomic E-state index is -0.983. The standard InChI is InChI=1S/C18H20FN3O3/c1-11-9-13(3-4-16(11)19)17(23)21-7-5-14(6-8-21)22-12(2)15(10-20-22)18(24)25/h3-4,9-10,14H,5-8H2,1-2H3,(H,24,25). The van der Waals surface area contributed by atoms with Gasteiger partial charge in [0, 0.05) is 18.7 Å². The van der Waals surface area contributed by atoms with E-state index in [1.807, 2.05) is 0 Å². The summed E-state index contributed by atoms with van der Waals surface area (Å²) in [5.41, 5.74) is 1.78. The molecule has 0 bridgehead atoms. The first-order valence-corrected chi connectivity index (χ1v) is 8.21. The van der Waals surface area contributed by atoms with Gasteiger partial charge in [-0.2, -0.15) is 5.10 Å². The summed E-state index contributed by atoms with van der Waals surface area (Å²) in [6.07, 6.45) is 2.78. The molecule has 3 rings (SSSR count). The minimum Gasteiger partial charge on any atom is -0.478 e. The number of aromatic carboxylic acids is 1. The minimum absolute atomic E-state index is 0.0760. The number of aryl methyl sites for hydroxylation is 1. The Morgan fingerprint density at radius 1 is 1.24 bits per heavy atom. The van der Waals surface area contributed by atoms with Crippen molar-refractivity contribution in [2.45, 2.75) is 32.7 Å². The van der Waals surface area contributed by atoms with Crippen LogP contribution in [0.3, 0.4) is 0 Å². The zero-order valence-electron chi connectivity index (χ0n) is 14.2. The number of carboxylic acids is 1. The molecule has 1 fully saturated rings. The SMILES string of the molecule is Cc1cc(C(=O)N2CCC(n3ncc(C(=O)O)c3C)CC2)ccc1F. The molecule has 7 heteroatoms. The topological polar surface area (TPSA) is 75.4 Å². The fraction of sp³-hybridized carbons (Fsp3) is 0.389. The van der Waals surface area contributed by atoms with Crippen LogP contribution in [0.5, 0.6) is 0 Å². The number of aromatic nitrogens is 2. The molecule has 1 amide bonds. The number of benzene rings is 1. The van der Waals surface area contributed by atoms with Crippen LogP contribution in [0.4, 0.5) is 4.39 Å². The predicted octanol–water partition coefficient (Wildman–Crippen LogP) is 2.81. The first-order chi connectivity index (χ1) is 11.9. The molecule has 1 saturated heterocycles. The molecule has 1 aromatic heterocycles. The highest BCUT2D eigenvalue weighted by Gasteiger charge is 2.27. The average Bonchev–Trinajstić information content (AvgIpc) is 2.98. The summed E-state index contributed by atoms with van der Waals surface area (Å²) in [4.78, 5) is 25.5. The van der Waals surface area contributed by atoms with Gasteiger partial charge in [0.15, 0.2) is 0 Å². The van der Waals surface area contributed by atoms with Crippen LogP contribution in [0.15, 0.2) is 24.4 Å². The van der Waals surface area contributed by atoms with E-state index >= 15 is 0 Å². The maximum Gasteiger partial charge on any atom is 0.339 e. The van der Waals surface area contributed by atoms with Crippen LogP contribution in [-0.4, -0.2) is 44.8 Å². The lowest BCUT2D eigenvalue weighted by atomic mass is 10.0. The monoisotopic (exact) mass is 345 g/mol. The summed E-state index contributed by atoms with van der Waals surface area (Å²) in [6, 6.07) is 4.47. The maximum atomic E-state index is 13.4. The second kappa shape index (κ2) is 6.66. The Hall–Kier alpha value is -2.70. The molecule has 0 aliphatic carbocycles. The molecule has 0 unspecified atom stereocenters. The zero-order valence-corrected chi connectivity index (χ0v) is 14.2. The second-order valence-corrected chi connectivity index (χ2v) is 6.38. The molecule has 1 N–H and O–H groups in total. The number of carboxylic acid groups (broad SMARTS) is 1. The van der Waals surface area contributed by atoms with Crippen molar-refractivity contribution < 1.29 is 19.1 Å². The fourth-order valence-corrected chi connectivity index (χ4v) is 3.28. The Morgan fingerprint density at radius 2 is 1.92 bits per heavy atom. The summed E-state index contributed by atoms with van der Waals surface area (Å²) >= 11 is 0. The Bertz CT molecular complexity index is 823. The third-order valence-electron chi connectivity index (χ3n) is 4.78. The van der Waals surface area contributed by atoms with Gasteiger partial charge in [-0.05, 0) is 50.5 Å². The van der Waals surface area contributed by atoms with Crippen molar-refractivity contribution in [2.24, 2.45) is 0 Å². The highest BCUT2D eigenvalue weighted by atomic mass is 19.1. The average molecular weight is 345 g/mol. The third kappa shape index (κ3) is 3.26. The van der Waals surface area contributed by atoms with Crippen LogP contribution in [0, 0.1) is 19.7 Å². The number of halogens is 1. The lowest BCUT2D eigenvalue weighted by molar-refractivity contribution is 0.0688. The number of carbonyl (C=O) groups excluding carboxylic acids is 1. The van der Waals surface area contributed by atoms with Gasteiger partial charge >= 0.3 is 5.97 Å². The van der Waals surface area contributed by atoms with Gasteiger partial charge in [0.05, 0.1) is 17.9 Å². The number of rotatable bonds is 3. The van der Waals surface area contributed by atoms with Gasteiger partial charge in [-0.25, -0.2) is 9.18 Å². The molecule has 1 aromatic carbocycles. The maximum absolute atomic E-state index is 13.4. The Morgan fingerprint density at radius 3 is 2.48 bits per heavy atom. The quantitative estimate of drug-likeness (QED) is 0.928. The molecule has 25 heavy (non-hydrogen) atoms. The summed E-state index contributed by atoms with van der Waals surface area (Å²) in [5.74, 6) is -1.41. The van der Waals surface area contributed by atoms with Gasteiger partial charge in [0.2, 0.25) is 0 Å². The number of hydrogen-bond donors (Lipinski definition) is 1. The van der Waals surface area contributed by atoms with Crippen molar-refractivity contribution in [3.63, 3.8) is 0 Å². The van der Waals surface area contributed by atoms with E-state index in [1.54, 1.807) is 29.5 Å². The highest BCUT2D eigenvalue weighted by molar-refractivity contribution is 5.94. The van der Waals surface area contributed by atoms with Gasteiger partial charge in [-0.3, -0.25) is 9.48 Å². The van der Waals surface area contributed by atoms with Gasteiger partial charge in [-0.1, -0.05) is 0 Å². The lowest BCUT2D eigenvalue weighted by Crippen LogP contribution is -2.39. The molecular formula is C18H20FN3O3. The van der Waals surface area contributed by atoms with Crippen LogP contribution < -0.4 is 0 Å². The first kappa shape index (κ1) is 17.1. The van der Waals surface area contributed by atoms with E-state index in [-0.39, 0.29) is 23.3 Å². The zero-order chi connectivity index (χ0) is 18.1. The number of amides is 1. The molecule has 2 aromatic rings. The normalized spacial score (nSPS) is 15.4. The predicted molar refractivity (Wildman–Crippen MR) is 89.2 cm³/mol. The van der Waals surface area contributed by atoms with Crippen molar-refractivity contribution in [3.8, 4) is 0 Å². The molecular weight excluding hydrogens is 325 g/mol. The van der Waals surface area contributed by atoms with Crippen molar-refractivity contribution in [3.05, 3.63) is 52.6 Å². The molecule has 0 spiro atoms. The molecule has 1 aliphatic heterocycles. The number of likely N-dealkylation sites (tertiary alicyclic amines) is 1. The van der Waals surface area contributed by atoms with E-state index in [4.69, 9.17) is 5.11 Å². The third-order valence-corrected chi connectivity index (χ3v) is 4.78. The molecule has 2 heterocycles. The van der Waals surface area contributed by atoms with Crippen LogP contribution in [0.1, 0.15) is 50.9 Å². The number of piperidine rings is 1. The molecule has 132 valence electrons. The summed E-state index contributed by atoms with van der Waals surface area (Å²) < 4.78 is 15.1. The number of hydrogen-bond acceptors (Lipinski definition) is 3. The van der Waals surface area contributed by atoms with E-state index in [1.165, 1.54) is 18.3 Å². The van der Waals surface area contributed by atoms with Crippen molar-refractivity contribution in [1.82, 2.24) is 14.7 Å².